The van der Waals surface area contributed by atoms with E-state index in [1.807, 2.05) is 42.3 Å². The van der Waals surface area contributed by atoms with E-state index >= 15 is 0 Å². The SMILES string of the molecule is CCn1cc(Cc2ccc(Cc3c[nH]c4ncnc(C5CC5)c34)c(F)n2)cn1. The van der Waals surface area contributed by atoms with Gasteiger partial charge in [-0.25, -0.2) is 15.0 Å². The molecule has 1 saturated carbocycles. The van der Waals surface area contributed by atoms with Crippen LogP contribution in [-0.4, -0.2) is 29.7 Å². The number of pyridine rings is 1. The summed E-state index contributed by atoms with van der Waals surface area (Å²) < 4.78 is 16.6. The Morgan fingerprint density at radius 3 is 2.82 bits per heavy atom. The number of H-pyrrole nitrogens is 1. The van der Waals surface area contributed by atoms with Gasteiger partial charge in [0.1, 0.15) is 12.0 Å². The molecule has 1 aliphatic rings. The maximum Gasteiger partial charge on any atom is 0.216 e. The lowest BCUT2D eigenvalue weighted by atomic mass is 10.0. The predicted molar refractivity (Wildman–Crippen MR) is 104 cm³/mol. The molecule has 1 fully saturated rings. The second-order valence-corrected chi connectivity index (χ2v) is 7.38. The topological polar surface area (TPSA) is 72.3 Å². The van der Waals surface area contributed by atoms with Crippen molar-refractivity contribution < 1.29 is 4.39 Å². The van der Waals surface area contributed by atoms with Crippen LogP contribution in [0.3, 0.4) is 0 Å². The molecule has 4 aromatic heterocycles. The van der Waals surface area contributed by atoms with Crippen LogP contribution in [0.2, 0.25) is 0 Å². The molecule has 0 radical (unpaired) electrons. The molecular weight excluding hydrogens is 355 g/mol. The summed E-state index contributed by atoms with van der Waals surface area (Å²) in [6, 6.07) is 3.73. The van der Waals surface area contributed by atoms with Crippen LogP contribution in [0.5, 0.6) is 0 Å². The molecule has 0 unspecified atom stereocenters. The molecule has 0 amide bonds. The van der Waals surface area contributed by atoms with Crippen molar-refractivity contribution in [2.45, 2.75) is 45.1 Å². The van der Waals surface area contributed by atoms with Crippen molar-refractivity contribution in [3.63, 3.8) is 0 Å². The Morgan fingerprint density at radius 1 is 1.18 bits per heavy atom. The minimum Gasteiger partial charge on any atom is -0.346 e. The molecule has 5 rings (SSSR count). The average molecular weight is 376 g/mol. The van der Waals surface area contributed by atoms with Crippen molar-refractivity contribution in [3.05, 3.63) is 71.1 Å². The standard InChI is InChI=1S/C21H21FN6/c1-2-28-11-13(9-26-28)7-17-6-5-15(20(22)27-17)8-16-10-23-21-18(16)19(14-3-4-14)24-12-25-21/h5-6,9-12,14H,2-4,7-8H2,1H3,(H,23,24,25). The molecule has 0 bridgehead atoms. The third kappa shape index (κ3) is 3.17. The van der Waals surface area contributed by atoms with Crippen LogP contribution in [0.15, 0.2) is 37.1 Å². The quantitative estimate of drug-likeness (QED) is 0.520. The Labute approximate surface area is 161 Å². The van der Waals surface area contributed by atoms with Gasteiger partial charge in [0.15, 0.2) is 0 Å². The van der Waals surface area contributed by atoms with Crippen molar-refractivity contribution in [1.29, 1.82) is 0 Å². The van der Waals surface area contributed by atoms with Crippen LogP contribution in [0.1, 0.15) is 53.8 Å². The van der Waals surface area contributed by atoms with E-state index in [4.69, 9.17) is 0 Å². The molecule has 4 heterocycles. The van der Waals surface area contributed by atoms with Crippen LogP contribution in [0, 0.1) is 5.95 Å². The van der Waals surface area contributed by atoms with E-state index in [9.17, 15) is 4.39 Å². The molecule has 0 atom stereocenters. The molecule has 142 valence electrons. The largest absolute Gasteiger partial charge is 0.346 e. The maximum atomic E-state index is 14.7. The van der Waals surface area contributed by atoms with Crippen LogP contribution in [0.4, 0.5) is 4.39 Å². The highest BCUT2D eigenvalue weighted by atomic mass is 19.1. The summed E-state index contributed by atoms with van der Waals surface area (Å²) in [6.45, 7) is 2.85. The third-order valence-corrected chi connectivity index (χ3v) is 5.31. The molecule has 4 aromatic rings. The van der Waals surface area contributed by atoms with Gasteiger partial charge in [-0.1, -0.05) is 6.07 Å². The highest BCUT2D eigenvalue weighted by Gasteiger charge is 2.28. The number of fused-ring (bicyclic) bond motifs is 1. The zero-order chi connectivity index (χ0) is 19.1. The van der Waals surface area contributed by atoms with E-state index in [0.717, 1.165) is 47.2 Å². The molecule has 0 aliphatic heterocycles. The number of aromatic amines is 1. The van der Waals surface area contributed by atoms with Gasteiger partial charge in [-0.3, -0.25) is 4.68 Å². The van der Waals surface area contributed by atoms with Crippen LogP contribution >= 0.6 is 0 Å². The van der Waals surface area contributed by atoms with E-state index in [-0.39, 0.29) is 0 Å². The van der Waals surface area contributed by atoms with E-state index in [1.54, 1.807) is 6.33 Å². The molecule has 1 N–H and O–H groups in total. The number of hydrogen-bond donors (Lipinski definition) is 1. The van der Waals surface area contributed by atoms with Crippen LogP contribution in [-0.2, 0) is 19.4 Å². The zero-order valence-electron chi connectivity index (χ0n) is 15.7. The van der Waals surface area contributed by atoms with Gasteiger partial charge in [0.05, 0.1) is 11.9 Å². The number of aryl methyl sites for hydroxylation is 1. The first-order valence-corrected chi connectivity index (χ1v) is 9.67. The van der Waals surface area contributed by atoms with E-state index in [1.165, 1.54) is 0 Å². The lowest BCUT2D eigenvalue weighted by Gasteiger charge is -2.06. The Morgan fingerprint density at radius 2 is 2.07 bits per heavy atom. The highest BCUT2D eigenvalue weighted by molar-refractivity contribution is 5.83. The fourth-order valence-corrected chi connectivity index (χ4v) is 3.67. The second-order valence-electron chi connectivity index (χ2n) is 7.38. The lowest BCUT2D eigenvalue weighted by molar-refractivity contribution is 0.565. The van der Waals surface area contributed by atoms with Gasteiger partial charge >= 0.3 is 0 Å². The van der Waals surface area contributed by atoms with E-state index < -0.39 is 5.95 Å². The molecule has 28 heavy (non-hydrogen) atoms. The Balaban J connectivity index is 1.41. The second kappa shape index (κ2) is 6.82. The normalized spacial score (nSPS) is 14.1. The van der Waals surface area contributed by atoms with Gasteiger partial charge in [-0.2, -0.15) is 9.49 Å². The number of hydrogen-bond acceptors (Lipinski definition) is 4. The number of rotatable bonds is 6. The van der Waals surface area contributed by atoms with E-state index in [0.29, 0.717) is 30.0 Å². The summed E-state index contributed by atoms with van der Waals surface area (Å²) in [5, 5.41) is 5.30. The van der Waals surface area contributed by atoms with Crippen LogP contribution in [0.25, 0.3) is 11.0 Å². The highest BCUT2D eigenvalue weighted by Crippen LogP contribution is 2.42. The van der Waals surface area contributed by atoms with Gasteiger partial charge in [0.25, 0.3) is 0 Å². The number of aromatic nitrogens is 6. The summed E-state index contributed by atoms with van der Waals surface area (Å²) in [5.41, 5.74) is 5.25. The first-order valence-electron chi connectivity index (χ1n) is 9.67. The first kappa shape index (κ1) is 17.0. The number of halogens is 1. The number of nitrogens with zero attached hydrogens (tertiary/aromatic N) is 5. The minimum absolute atomic E-state index is 0.417. The summed E-state index contributed by atoms with van der Waals surface area (Å²) >= 11 is 0. The summed E-state index contributed by atoms with van der Waals surface area (Å²) in [5.74, 6) is 0.0917. The maximum absolute atomic E-state index is 14.7. The van der Waals surface area contributed by atoms with Crippen molar-refractivity contribution in [2.75, 3.05) is 0 Å². The molecule has 1 aliphatic carbocycles. The Kier molecular flexibility index (Phi) is 4.15. The van der Waals surface area contributed by atoms with Gasteiger partial charge in [-0.15, -0.1) is 0 Å². The van der Waals surface area contributed by atoms with Gasteiger partial charge in [-0.05, 0) is 37.0 Å². The summed E-state index contributed by atoms with van der Waals surface area (Å²) in [7, 11) is 0. The first-order chi connectivity index (χ1) is 13.7. The predicted octanol–water partition coefficient (Wildman–Crippen LogP) is 3.77. The fourth-order valence-electron chi connectivity index (χ4n) is 3.67. The van der Waals surface area contributed by atoms with Gasteiger partial charge < -0.3 is 4.98 Å². The van der Waals surface area contributed by atoms with Crippen molar-refractivity contribution in [3.8, 4) is 0 Å². The zero-order valence-corrected chi connectivity index (χ0v) is 15.7. The molecule has 0 spiro atoms. The van der Waals surface area contributed by atoms with E-state index in [2.05, 4.69) is 25.0 Å². The molecule has 6 nitrogen and oxygen atoms in total. The summed E-state index contributed by atoms with van der Waals surface area (Å²) in [4.78, 5) is 16.2. The lowest BCUT2D eigenvalue weighted by Crippen LogP contribution is -2.01. The molecule has 0 aromatic carbocycles. The fraction of sp³-hybridized carbons (Fsp3) is 0.333. The smallest absolute Gasteiger partial charge is 0.216 e. The van der Waals surface area contributed by atoms with Gasteiger partial charge in [0, 0.05) is 54.3 Å². The number of nitrogens with one attached hydrogen (secondary N) is 1. The van der Waals surface area contributed by atoms with Crippen LogP contribution < -0.4 is 0 Å². The Hall–Kier alpha value is -3.09. The van der Waals surface area contributed by atoms with Crippen molar-refractivity contribution >= 4 is 11.0 Å². The van der Waals surface area contributed by atoms with Gasteiger partial charge in [0.2, 0.25) is 5.95 Å². The minimum atomic E-state index is -0.417. The van der Waals surface area contributed by atoms with Crippen molar-refractivity contribution in [1.82, 2.24) is 29.7 Å². The average Bonchev–Trinajstić information content (AvgIpc) is 3.32. The molecule has 7 heteroatoms. The monoisotopic (exact) mass is 376 g/mol. The Bertz CT molecular complexity index is 1140. The molecular formula is C21H21FN6. The summed E-state index contributed by atoms with van der Waals surface area (Å²) in [6.07, 6.45) is 10.7. The molecule has 0 saturated heterocycles. The van der Waals surface area contributed by atoms with Crippen molar-refractivity contribution in [2.24, 2.45) is 0 Å². The third-order valence-electron chi connectivity index (χ3n) is 5.31.